The molecule has 1 heteroatoms. The first kappa shape index (κ1) is 13.7. The van der Waals surface area contributed by atoms with Gasteiger partial charge in [-0.15, -0.1) is 0 Å². The SMILES string of the molecule is N#Cc1ccc(-c2ccccc2C#Cc2ccccc2)cc1. The van der Waals surface area contributed by atoms with Gasteiger partial charge in [0.15, 0.2) is 0 Å². The molecule has 0 aromatic heterocycles. The second-order valence-corrected chi connectivity index (χ2v) is 4.85. The molecule has 0 atom stereocenters. The predicted molar refractivity (Wildman–Crippen MR) is 89.0 cm³/mol. The van der Waals surface area contributed by atoms with E-state index in [1.54, 1.807) is 0 Å². The molecule has 0 radical (unpaired) electrons. The first-order valence-corrected chi connectivity index (χ1v) is 7.03. The van der Waals surface area contributed by atoms with Crippen LogP contribution >= 0.6 is 0 Å². The zero-order valence-electron chi connectivity index (χ0n) is 12.0. The van der Waals surface area contributed by atoms with Crippen LogP contribution in [0.15, 0.2) is 78.9 Å². The topological polar surface area (TPSA) is 23.8 Å². The average Bonchev–Trinajstić information content (AvgIpc) is 2.61. The Morgan fingerprint density at radius 2 is 1.27 bits per heavy atom. The van der Waals surface area contributed by atoms with Gasteiger partial charge in [-0.3, -0.25) is 0 Å². The number of rotatable bonds is 1. The summed E-state index contributed by atoms with van der Waals surface area (Å²) in [5.41, 5.74) is 4.79. The Bertz CT molecular complexity index is 873. The van der Waals surface area contributed by atoms with Crippen LogP contribution in [0.2, 0.25) is 0 Å². The van der Waals surface area contributed by atoms with Crippen molar-refractivity contribution in [2.24, 2.45) is 0 Å². The van der Waals surface area contributed by atoms with E-state index in [1.807, 2.05) is 72.8 Å². The summed E-state index contributed by atoms with van der Waals surface area (Å²) in [6.45, 7) is 0. The Labute approximate surface area is 130 Å². The van der Waals surface area contributed by atoms with Gasteiger partial charge in [-0.1, -0.05) is 60.4 Å². The van der Waals surface area contributed by atoms with Crippen LogP contribution in [0.1, 0.15) is 16.7 Å². The van der Waals surface area contributed by atoms with Gasteiger partial charge >= 0.3 is 0 Å². The fraction of sp³-hybridized carbons (Fsp3) is 0. The van der Waals surface area contributed by atoms with Crippen LogP contribution in [0.4, 0.5) is 0 Å². The summed E-state index contributed by atoms with van der Waals surface area (Å²) in [4.78, 5) is 0. The molecule has 0 bridgehead atoms. The minimum absolute atomic E-state index is 0.664. The first-order chi connectivity index (χ1) is 10.9. The van der Waals surface area contributed by atoms with Crippen LogP contribution in [0.25, 0.3) is 11.1 Å². The number of hydrogen-bond acceptors (Lipinski definition) is 1. The normalized spacial score (nSPS) is 9.41. The predicted octanol–water partition coefficient (Wildman–Crippen LogP) is 4.63. The molecule has 0 fully saturated rings. The Balaban J connectivity index is 2.00. The highest BCUT2D eigenvalue weighted by atomic mass is 14.2. The van der Waals surface area contributed by atoms with Crippen molar-refractivity contribution in [2.75, 3.05) is 0 Å². The lowest BCUT2D eigenvalue weighted by molar-refractivity contribution is 1.48. The molecule has 0 unspecified atom stereocenters. The van der Waals surface area contributed by atoms with E-state index >= 15 is 0 Å². The second kappa shape index (κ2) is 6.44. The summed E-state index contributed by atoms with van der Waals surface area (Å²) < 4.78 is 0. The molecule has 0 heterocycles. The third-order valence-corrected chi connectivity index (χ3v) is 3.37. The number of hydrogen-bond donors (Lipinski definition) is 0. The minimum atomic E-state index is 0.664. The summed E-state index contributed by atoms with van der Waals surface area (Å²) >= 11 is 0. The Morgan fingerprint density at radius 1 is 0.591 bits per heavy atom. The van der Waals surface area contributed by atoms with E-state index in [9.17, 15) is 0 Å². The van der Waals surface area contributed by atoms with Crippen LogP contribution < -0.4 is 0 Å². The van der Waals surface area contributed by atoms with E-state index in [-0.39, 0.29) is 0 Å². The van der Waals surface area contributed by atoms with E-state index < -0.39 is 0 Å². The lowest BCUT2D eigenvalue weighted by atomic mass is 9.99. The fourth-order valence-corrected chi connectivity index (χ4v) is 2.23. The molecule has 102 valence electrons. The monoisotopic (exact) mass is 279 g/mol. The van der Waals surface area contributed by atoms with Gasteiger partial charge in [-0.05, 0) is 41.5 Å². The van der Waals surface area contributed by atoms with Gasteiger partial charge in [0.25, 0.3) is 0 Å². The van der Waals surface area contributed by atoms with Crippen molar-refractivity contribution in [3.63, 3.8) is 0 Å². The zero-order chi connectivity index (χ0) is 15.2. The summed E-state index contributed by atoms with van der Waals surface area (Å²) in [7, 11) is 0. The maximum absolute atomic E-state index is 8.89. The second-order valence-electron chi connectivity index (χ2n) is 4.85. The molecular formula is C21H13N. The van der Waals surface area contributed by atoms with E-state index in [2.05, 4.69) is 24.0 Å². The van der Waals surface area contributed by atoms with Gasteiger partial charge < -0.3 is 0 Å². The molecule has 0 saturated carbocycles. The largest absolute Gasteiger partial charge is 0.192 e. The van der Waals surface area contributed by atoms with Crippen LogP contribution in [0.5, 0.6) is 0 Å². The number of nitrogens with zero attached hydrogens (tertiary/aromatic N) is 1. The highest BCUT2D eigenvalue weighted by Gasteiger charge is 2.02. The number of nitriles is 1. The maximum Gasteiger partial charge on any atom is 0.0991 e. The third kappa shape index (κ3) is 3.06. The fourth-order valence-electron chi connectivity index (χ4n) is 2.23. The van der Waals surface area contributed by atoms with Gasteiger partial charge in [0.1, 0.15) is 0 Å². The van der Waals surface area contributed by atoms with E-state index in [4.69, 9.17) is 5.26 Å². The lowest BCUT2D eigenvalue weighted by Gasteiger charge is -2.04. The van der Waals surface area contributed by atoms with E-state index in [0.717, 1.165) is 22.3 Å². The van der Waals surface area contributed by atoms with Gasteiger partial charge in [0, 0.05) is 11.1 Å². The third-order valence-electron chi connectivity index (χ3n) is 3.37. The molecule has 0 aliphatic rings. The van der Waals surface area contributed by atoms with Gasteiger partial charge in [0.2, 0.25) is 0 Å². The first-order valence-electron chi connectivity index (χ1n) is 7.03. The Morgan fingerprint density at radius 3 is 2.00 bits per heavy atom. The van der Waals surface area contributed by atoms with Crippen LogP contribution in [0.3, 0.4) is 0 Å². The van der Waals surface area contributed by atoms with Crippen LogP contribution in [0, 0.1) is 23.2 Å². The molecule has 3 rings (SSSR count). The molecule has 0 amide bonds. The standard InChI is InChI=1S/C21H13N/c22-16-18-11-14-20(15-12-18)21-9-5-4-8-19(21)13-10-17-6-2-1-3-7-17/h1-9,11-12,14-15H. The van der Waals surface area contributed by atoms with Gasteiger partial charge in [0.05, 0.1) is 11.6 Å². The molecule has 22 heavy (non-hydrogen) atoms. The molecule has 3 aromatic carbocycles. The highest BCUT2D eigenvalue weighted by Crippen LogP contribution is 2.23. The Hall–Kier alpha value is -3.29. The zero-order valence-corrected chi connectivity index (χ0v) is 12.0. The van der Waals surface area contributed by atoms with Crippen molar-refractivity contribution in [1.82, 2.24) is 0 Å². The van der Waals surface area contributed by atoms with Gasteiger partial charge in [-0.2, -0.15) is 5.26 Å². The highest BCUT2D eigenvalue weighted by molar-refractivity contribution is 5.72. The van der Waals surface area contributed by atoms with Crippen molar-refractivity contribution >= 4 is 0 Å². The summed E-state index contributed by atoms with van der Waals surface area (Å²) in [5.74, 6) is 6.43. The summed E-state index contributed by atoms with van der Waals surface area (Å²) in [5, 5.41) is 8.89. The lowest BCUT2D eigenvalue weighted by Crippen LogP contribution is -1.85. The maximum atomic E-state index is 8.89. The summed E-state index contributed by atoms with van der Waals surface area (Å²) in [6.07, 6.45) is 0. The van der Waals surface area contributed by atoms with Crippen molar-refractivity contribution in [3.05, 3.63) is 95.6 Å². The van der Waals surface area contributed by atoms with Gasteiger partial charge in [-0.25, -0.2) is 0 Å². The average molecular weight is 279 g/mol. The van der Waals surface area contributed by atoms with Crippen LogP contribution in [-0.2, 0) is 0 Å². The molecule has 0 aliphatic carbocycles. The van der Waals surface area contributed by atoms with Crippen molar-refractivity contribution in [1.29, 1.82) is 5.26 Å². The van der Waals surface area contributed by atoms with Crippen LogP contribution in [-0.4, -0.2) is 0 Å². The molecule has 0 spiro atoms. The number of benzene rings is 3. The van der Waals surface area contributed by atoms with Crippen molar-refractivity contribution < 1.29 is 0 Å². The minimum Gasteiger partial charge on any atom is -0.192 e. The molecule has 0 aliphatic heterocycles. The summed E-state index contributed by atoms with van der Waals surface area (Å²) in [6, 6.07) is 27.7. The molecule has 0 saturated heterocycles. The molecule has 0 N–H and O–H groups in total. The molecule has 3 aromatic rings. The van der Waals surface area contributed by atoms with E-state index in [1.165, 1.54) is 0 Å². The van der Waals surface area contributed by atoms with Crippen molar-refractivity contribution in [3.8, 4) is 29.0 Å². The Kier molecular flexibility index (Phi) is 4.01. The molecule has 1 nitrogen and oxygen atoms in total. The smallest absolute Gasteiger partial charge is 0.0991 e. The molecular weight excluding hydrogens is 266 g/mol. The van der Waals surface area contributed by atoms with Crippen molar-refractivity contribution in [2.45, 2.75) is 0 Å². The van der Waals surface area contributed by atoms with E-state index in [0.29, 0.717) is 5.56 Å². The quantitative estimate of drug-likeness (QED) is 0.596.